The summed E-state index contributed by atoms with van der Waals surface area (Å²) in [5.74, 6) is 0. The molecule has 0 atom stereocenters. The fourth-order valence-electron chi connectivity index (χ4n) is 0.540. The van der Waals surface area contributed by atoms with Gasteiger partial charge in [0.15, 0.2) is 0 Å². The Kier molecular flexibility index (Phi) is 32.8. The van der Waals surface area contributed by atoms with Crippen molar-refractivity contribution in [3.63, 3.8) is 0 Å². The van der Waals surface area contributed by atoms with Crippen LogP contribution in [0.4, 0.5) is 0 Å². The second kappa shape index (κ2) is 23.8. The van der Waals surface area contributed by atoms with Crippen LogP contribution in [0.3, 0.4) is 0 Å². The first-order valence-corrected chi connectivity index (χ1v) is 4.68. The van der Waals surface area contributed by atoms with Crippen LogP contribution in [0.2, 0.25) is 0 Å². The Labute approximate surface area is 103 Å². The van der Waals surface area contributed by atoms with E-state index in [4.69, 9.17) is 22.9 Å². The predicted molar refractivity (Wildman–Crippen MR) is 62.9 cm³/mol. The van der Waals surface area contributed by atoms with Crippen molar-refractivity contribution in [3.05, 3.63) is 33.6 Å². The molecule has 0 heterocycles. The van der Waals surface area contributed by atoms with Gasteiger partial charge < -0.3 is 33.6 Å². The van der Waals surface area contributed by atoms with Gasteiger partial charge in [0, 0.05) is 0 Å². The average Bonchev–Trinajstić information content (AvgIpc) is 2.21. The molecule has 0 amide bonds. The van der Waals surface area contributed by atoms with Gasteiger partial charge in [-0.2, -0.15) is 52.4 Å². The summed E-state index contributed by atoms with van der Waals surface area (Å²) in [6.07, 6.45) is 0. The normalized spacial score (nSPS) is 8.80. The van der Waals surface area contributed by atoms with Gasteiger partial charge in [-0.3, -0.25) is 0 Å². The molecular weight excluding hydrogens is 244 g/mol. The predicted octanol–water partition coefficient (Wildman–Crippen LogP) is 2.93. The van der Waals surface area contributed by atoms with E-state index in [9.17, 15) is 0 Å². The first-order valence-electron chi connectivity index (χ1n) is 4.68. The molecule has 0 bridgehead atoms. The van der Waals surface area contributed by atoms with E-state index in [1.807, 2.05) is 0 Å². The summed E-state index contributed by atoms with van der Waals surface area (Å²) in [4.78, 5) is 0. The Morgan fingerprint density at radius 1 is 0.533 bits per heavy atom. The Morgan fingerprint density at radius 3 is 0.867 bits per heavy atom. The van der Waals surface area contributed by atoms with E-state index in [2.05, 4.69) is 10.6 Å². The summed E-state index contributed by atoms with van der Waals surface area (Å²) >= 11 is 0. The summed E-state index contributed by atoms with van der Waals surface area (Å²) in [6.45, 7) is 3.83. The molecule has 0 unspecified atom stereocenters. The van der Waals surface area contributed by atoms with Gasteiger partial charge in [-0.05, 0) is 0 Å². The minimum absolute atomic E-state index is 0. The first kappa shape index (κ1) is 20.7. The molecule has 7 heteroatoms. The standard InChI is InChI=1S/2C4H10N3.Cu/c2*5-1-3-7-4-2-6;/h2*5-6H,1-4H2;/q2*-3;+2. The zero-order valence-electron chi connectivity index (χ0n) is 8.85. The monoisotopic (exact) mass is 263 g/mol. The smallest absolute Gasteiger partial charge is 0.679 e. The minimum atomic E-state index is 0. The molecule has 0 aromatic rings. The molecule has 0 aromatic carbocycles. The van der Waals surface area contributed by atoms with E-state index in [1.54, 1.807) is 0 Å². The number of hydrogen-bond donors (Lipinski definition) is 0. The van der Waals surface area contributed by atoms with Crippen molar-refractivity contribution in [2.75, 3.05) is 52.4 Å². The second-order valence-electron chi connectivity index (χ2n) is 2.34. The maximum Gasteiger partial charge on any atom is 2.00 e. The van der Waals surface area contributed by atoms with E-state index in [-0.39, 0.29) is 17.1 Å². The summed E-state index contributed by atoms with van der Waals surface area (Å²) in [7, 11) is 0. The second-order valence-corrected chi connectivity index (χ2v) is 2.34. The number of hydrogen-bond acceptors (Lipinski definition) is 0. The summed E-state index contributed by atoms with van der Waals surface area (Å²) < 4.78 is 0. The van der Waals surface area contributed by atoms with E-state index in [0.717, 1.165) is 0 Å². The first-order chi connectivity index (χ1) is 6.83. The molecule has 0 spiro atoms. The van der Waals surface area contributed by atoms with E-state index >= 15 is 0 Å². The molecular formula is C8H20CuN6-4. The maximum atomic E-state index is 6.63. The van der Waals surface area contributed by atoms with Crippen LogP contribution in [0.25, 0.3) is 33.6 Å². The maximum absolute atomic E-state index is 6.63. The average molecular weight is 264 g/mol. The van der Waals surface area contributed by atoms with E-state index in [0.29, 0.717) is 52.4 Å². The van der Waals surface area contributed by atoms with Gasteiger partial charge in [0.05, 0.1) is 0 Å². The van der Waals surface area contributed by atoms with Crippen LogP contribution in [0.15, 0.2) is 0 Å². The Hall–Kier alpha value is 0.279. The van der Waals surface area contributed by atoms with Crippen molar-refractivity contribution in [1.82, 2.24) is 0 Å². The molecule has 0 fully saturated rings. The van der Waals surface area contributed by atoms with E-state index in [1.165, 1.54) is 0 Å². The number of rotatable bonds is 8. The quantitative estimate of drug-likeness (QED) is 0.472. The Balaban J connectivity index is -0.000000180. The summed E-state index contributed by atoms with van der Waals surface area (Å²) in [6, 6.07) is 0. The molecule has 97 valence electrons. The number of nitrogens with one attached hydrogen (secondary N) is 4. The largest absolute Gasteiger partial charge is 2.00 e. The Morgan fingerprint density at radius 2 is 0.733 bits per heavy atom. The van der Waals surface area contributed by atoms with Crippen LogP contribution in [0.5, 0.6) is 0 Å². The molecule has 0 saturated heterocycles. The van der Waals surface area contributed by atoms with Crippen LogP contribution in [-0.4, -0.2) is 52.4 Å². The van der Waals surface area contributed by atoms with Crippen molar-refractivity contribution in [1.29, 1.82) is 0 Å². The van der Waals surface area contributed by atoms with Crippen molar-refractivity contribution in [2.24, 2.45) is 0 Å². The summed E-state index contributed by atoms with van der Waals surface area (Å²) in [5, 5.41) is 7.67. The van der Waals surface area contributed by atoms with Crippen LogP contribution >= 0.6 is 0 Å². The third-order valence-corrected chi connectivity index (χ3v) is 1.08. The van der Waals surface area contributed by atoms with Crippen molar-refractivity contribution in [3.8, 4) is 0 Å². The minimum Gasteiger partial charge on any atom is -0.679 e. The van der Waals surface area contributed by atoms with Crippen LogP contribution in [-0.2, 0) is 17.1 Å². The van der Waals surface area contributed by atoms with Gasteiger partial charge in [0.1, 0.15) is 0 Å². The fourth-order valence-corrected chi connectivity index (χ4v) is 0.540. The molecule has 0 aliphatic rings. The molecule has 15 heavy (non-hydrogen) atoms. The molecule has 6 nitrogen and oxygen atoms in total. The molecule has 0 aliphatic heterocycles. The third-order valence-electron chi connectivity index (χ3n) is 1.08. The van der Waals surface area contributed by atoms with Crippen molar-refractivity contribution < 1.29 is 17.1 Å². The van der Waals surface area contributed by atoms with Crippen LogP contribution < -0.4 is 0 Å². The van der Waals surface area contributed by atoms with Gasteiger partial charge >= 0.3 is 17.1 Å². The van der Waals surface area contributed by atoms with E-state index < -0.39 is 0 Å². The molecule has 0 aromatic heterocycles. The zero-order valence-corrected chi connectivity index (χ0v) is 9.79. The van der Waals surface area contributed by atoms with Gasteiger partial charge in [0.25, 0.3) is 0 Å². The molecule has 4 N–H and O–H groups in total. The van der Waals surface area contributed by atoms with Gasteiger partial charge in [-0.15, -0.1) is 0 Å². The van der Waals surface area contributed by atoms with Crippen molar-refractivity contribution >= 4 is 0 Å². The third kappa shape index (κ3) is 31.4. The fraction of sp³-hybridized carbons (Fsp3) is 1.00. The van der Waals surface area contributed by atoms with Gasteiger partial charge in [-0.25, -0.2) is 0 Å². The number of nitrogens with zero attached hydrogens (tertiary/aromatic N) is 2. The molecule has 0 saturated carbocycles. The zero-order chi connectivity index (χ0) is 11.1. The van der Waals surface area contributed by atoms with Gasteiger partial charge in [-0.1, -0.05) is 0 Å². The SMILES string of the molecule is [Cu+2].[NH-]CC[N-]CC[NH-].[NH-]CC[N-]CC[NH-]. The van der Waals surface area contributed by atoms with Crippen molar-refractivity contribution in [2.45, 2.75) is 0 Å². The molecule has 0 aliphatic carbocycles. The van der Waals surface area contributed by atoms with Crippen LogP contribution in [0.1, 0.15) is 0 Å². The topological polar surface area (TPSA) is 123 Å². The molecule has 1 radical (unpaired) electrons. The van der Waals surface area contributed by atoms with Gasteiger partial charge in [0.2, 0.25) is 0 Å². The van der Waals surface area contributed by atoms with Crippen LogP contribution in [0, 0.1) is 0 Å². The molecule has 0 rings (SSSR count). The summed E-state index contributed by atoms with van der Waals surface area (Å²) in [5.41, 5.74) is 26.5. The Bertz CT molecular complexity index is 67.5.